The maximum atomic E-state index is 9.10. The van der Waals surface area contributed by atoms with Crippen molar-refractivity contribution >= 4 is 11.9 Å². The molecule has 0 saturated carbocycles. The van der Waals surface area contributed by atoms with Gasteiger partial charge < -0.3 is 19.7 Å². The molecule has 0 bridgehead atoms. The van der Waals surface area contributed by atoms with E-state index < -0.39 is 11.9 Å². The fourth-order valence-corrected chi connectivity index (χ4v) is 2.47. The fraction of sp³-hybridized carbons (Fsp3) is 0.529. The summed E-state index contributed by atoms with van der Waals surface area (Å²) in [6, 6.07) is 6.01. The first-order valence-electron chi connectivity index (χ1n) is 7.76. The number of ether oxygens (including phenoxy) is 2. The molecular formula is C17H25NO6. The first-order chi connectivity index (χ1) is 11.4. The zero-order valence-electron chi connectivity index (χ0n) is 14.3. The SMILES string of the molecule is COc1ccc(OC)c(CN2CCC(C)CC2)c1.O=C(O)C(=O)O. The molecule has 1 heterocycles. The normalized spacial score (nSPS) is 15.1. The summed E-state index contributed by atoms with van der Waals surface area (Å²) in [5.41, 5.74) is 1.21. The van der Waals surface area contributed by atoms with Crippen molar-refractivity contribution in [2.45, 2.75) is 26.3 Å². The number of methoxy groups -OCH3 is 2. The van der Waals surface area contributed by atoms with Gasteiger partial charge in [0.05, 0.1) is 14.2 Å². The van der Waals surface area contributed by atoms with Crippen LogP contribution in [0, 0.1) is 5.92 Å². The van der Waals surface area contributed by atoms with E-state index in [1.165, 1.54) is 31.5 Å². The van der Waals surface area contributed by atoms with Gasteiger partial charge in [0.2, 0.25) is 0 Å². The monoisotopic (exact) mass is 339 g/mol. The predicted octanol–water partition coefficient (Wildman–Crippen LogP) is 2.09. The van der Waals surface area contributed by atoms with Crippen LogP contribution < -0.4 is 9.47 Å². The molecule has 1 aliphatic heterocycles. The van der Waals surface area contributed by atoms with Crippen LogP contribution in [-0.2, 0) is 16.1 Å². The van der Waals surface area contributed by atoms with E-state index in [0.717, 1.165) is 24.0 Å². The van der Waals surface area contributed by atoms with E-state index in [4.69, 9.17) is 29.3 Å². The quantitative estimate of drug-likeness (QED) is 0.811. The van der Waals surface area contributed by atoms with Gasteiger partial charge in [-0.2, -0.15) is 0 Å². The van der Waals surface area contributed by atoms with Crippen LogP contribution >= 0.6 is 0 Å². The van der Waals surface area contributed by atoms with Crippen LogP contribution in [0.15, 0.2) is 18.2 Å². The molecule has 1 aliphatic rings. The van der Waals surface area contributed by atoms with E-state index in [9.17, 15) is 0 Å². The van der Waals surface area contributed by atoms with Gasteiger partial charge in [0.25, 0.3) is 0 Å². The number of likely N-dealkylation sites (tertiary alicyclic amines) is 1. The summed E-state index contributed by atoms with van der Waals surface area (Å²) in [4.78, 5) is 20.7. The van der Waals surface area contributed by atoms with Crippen molar-refractivity contribution < 1.29 is 29.3 Å². The third-order valence-electron chi connectivity index (χ3n) is 3.94. The minimum absolute atomic E-state index is 0.869. The van der Waals surface area contributed by atoms with E-state index in [0.29, 0.717) is 0 Å². The number of aliphatic carboxylic acids is 2. The summed E-state index contributed by atoms with van der Waals surface area (Å²) in [6.45, 7) is 5.65. The summed E-state index contributed by atoms with van der Waals surface area (Å²) < 4.78 is 10.7. The maximum Gasteiger partial charge on any atom is 0.414 e. The molecule has 0 unspecified atom stereocenters. The molecule has 1 aromatic rings. The average Bonchev–Trinajstić information content (AvgIpc) is 2.57. The van der Waals surface area contributed by atoms with Gasteiger partial charge in [-0.05, 0) is 50.0 Å². The molecule has 134 valence electrons. The molecule has 0 amide bonds. The molecule has 0 aromatic heterocycles. The molecule has 7 nitrogen and oxygen atoms in total. The Hall–Kier alpha value is -2.28. The molecule has 1 fully saturated rings. The highest BCUT2D eigenvalue weighted by atomic mass is 16.5. The van der Waals surface area contributed by atoms with E-state index in [-0.39, 0.29) is 0 Å². The van der Waals surface area contributed by atoms with Gasteiger partial charge in [-0.15, -0.1) is 0 Å². The Bertz CT molecular complexity index is 540. The summed E-state index contributed by atoms with van der Waals surface area (Å²) >= 11 is 0. The second kappa shape index (κ2) is 9.77. The lowest BCUT2D eigenvalue weighted by atomic mass is 9.99. The van der Waals surface area contributed by atoms with Crippen molar-refractivity contribution in [3.8, 4) is 11.5 Å². The van der Waals surface area contributed by atoms with Crippen molar-refractivity contribution in [2.24, 2.45) is 5.92 Å². The topological polar surface area (TPSA) is 96.3 Å². The van der Waals surface area contributed by atoms with Gasteiger partial charge in [0, 0.05) is 12.1 Å². The molecule has 0 radical (unpaired) electrons. The van der Waals surface area contributed by atoms with E-state index >= 15 is 0 Å². The van der Waals surface area contributed by atoms with Crippen LogP contribution in [0.25, 0.3) is 0 Å². The van der Waals surface area contributed by atoms with Crippen molar-refractivity contribution in [1.82, 2.24) is 4.90 Å². The van der Waals surface area contributed by atoms with E-state index in [1.54, 1.807) is 14.2 Å². The standard InChI is InChI=1S/C15H23NO2.C2H2O4/c1-12-6-8-16(9-7-12)11-13-10-14(17-2)4-5-15(13)18-3;3-1(4)2(5)6/h4-5,10,12H,6-9,11H2,1-3H3;(H,3,4)(H,5,6). The Morgan fingerprint density at radius 3 is 2.17 bits per heavy atom. The number of nitrogens with zero attached hydrogens (tertiary/aromatic N) is 1. The number of carboxylic acid groups (broad SMARTS) is 2. The number of carboxylic acids is 2. The van der Waals surface area contributed by atoms with Gasteiger partial charge in [-0.3, -0.25) is 4.90 Å². The van der Waals surface area contributed by atoms with Gasteiger partial charge in [0.15, 0.2) is 0 Å². The minimum atomic E-state index is -1.82. The molecule has 2 rings (SSSR count). The maximum absolute atomic E-state index is 9.10. The van der Waals surface area contributed by atoms with E-state index in [1.807, 2.05) is 12.1 Å². The lowest BCUT2D eigenvalue weighted by Crippen LogP contribution is -2.32. The second-order valence-corrected chi connectivity index (χ2v) is 5.75. The Morgan fingerprint density at radius 1 is 1.12 bits per heavy atom. The molecule has 2 N–H and O–H groups in total. The summed E-state index contributed by atoms with van der Waals surface area (Å²) in [6.07, 6.45) is 2.60. The number of rotatable bonds is 4. The third kappa shape index (κ3) is 6.45. The molecular weight excluding hydrogens is 314 g/mol. The summed E-state index contributed by atoms with van der Waals surface area (Å²) in [5.74, 6) is -0.927. The molecule has 24 heavy (non-hydrogen) atoms. The Morgan fingerprint density at radius 2 is 1.71 bits per heavy atom. The highest BCUT2D eigenvalue weighted by Crippen LogP contribution is 2.27. The molecule has 0 aliphatic carbocycles. The van der Waals surface area contributed by atoms with Crippen molar-refractivity contribution in [2.75, 3.05) is 27.3 Å². The first-order valence-corrected chi connectivity index (χ1v) is 7.76. The van der Waals surface area contributed by atoms with E-state index in [2.05, 4.69) is 17.9 Å². The van der Waals surface area contributed by atoms with Gasteiger partial charge in [-0.1, -0.05) is 6.92 Å². The van der Waals surface area contributed by atoms with Gasteiger partial charge >= 0.3 is 11.9 Å². The van der Waals surface area contributed by atoms with Crippen molar-refractivity contribution in [1.29, 1.82) is 0 Å². The number of piperidine rings is 1. The largest absolute Gasteiger partial charge is 0.497 e. The summed E-state index contributed by atoms with van der Waals surface area (Å²) in [5, 5.41) is 14.8. The number of benzene rings is 1. The van der Waals surface area contributed by atoms with Gasteiger partial charge in [-0.25, -0.2) is 9.59 Å². The van der Waals surface area contributed by atoms with Crippen molar-refractivity contribution in [3.05, 3.63) is 23.8 Å². The van der Waals surface area contributed by atoms with Crippen LogP contribution in [-0.4, -0.2) is 54.4 Å². The molecule has 0 atom stereocenters. The van der Waals surface area contributed by atoms with Crippen LogP contribution in [0.1, 0.15) is 25.3 Å². The molecule has 1 saturated heterocycles. The minimum Gasteiger partial charge on any atom is -0.497 e. The zero-order chi connectivity index (χ0) is 18.1. The predicted molar refractivity (Wildman–Crippen MR) is 88.5 cm³/mol. The zero-order valence-corrected chi connectivity index (χ0v) is 14.3. The fourth-order valence-electron chi connectivity index (χ4n) is 2.47. The molecule has 1 aromatic carbocycles. The first kappa shape index (κ1) is 19.8. The highest BCUT2D eigenvalue weighted by molar-refractivity contribution is 6.27. The molecule has 7 heteroatoms. The Balaban J connectivity index is 0.000000413. The number of hydrogen-bond acceptors (Lipinski definition) is 5. The second-order valence-electron chi connectivity index (χ2n) is 5.75. The lowest BCUT2D eigenvalue weighted by molar-refractivity contribution is -0.159. The highest BCUT2D eigenvalue weighted by Gasteiger charge is 2.17. The lowest BCUT2D eigenvalue weighted by Gasteiger charge is -2.30. The van der Waals surface area contributed by atoms with Crippen LogP contribution in [0.5, 0.6) is 11.5 Å². The van der Waals surface area contributed by atoms with Crippen LogP contribution in [0.2, 0.25) is 0 Å². The van der Waals surface area contributed by atoms with Crippen LogP contribution in [0.3, 0.4) is 0 Å². The number of carbonyl (C=O) groups is 2. The summed E-state index contributed by atoms with van der Waals surface area (Å²) in [7, 11) is 3.43. The van der Waals surface area contributed by atoms with Crippen molar-refractivity contribution in [3.63, 3.8) is 0 Å². The Kier molecular flexibility index (Phi) is 8.05. The molecule has 0 spiro atoms. The Labute approximate surface area is 141 Å². The van der Waals surface area contributed by atoms with Gasteiger partial charge in [0.1, 0.15) is 11.5 Å². The number of hydrogen-bond donors (Lipinski definition) is 2. The van der Waals surface area contributed by atoms with Crippen LogP contribution in [0.4, 0.5) is 0 Å². The average molecular weight is 339 g/mol. The third-order valence-corrected chi connectivity index (χ3v) is 3.94. The smallest absolute Gasteiger partial charge is 0.414 e.